The summed E-state index contributed by atoms with van der Waals surface area (Å²) in [5, 5.41) is 0.433. The zero-order chi connectivity index (χ0) is 15.3. The Morgan fingerprint density at radius 2 is 2.27 bits per heavy atom. The van der Waals surface area contributed by atoms with Gasteiger partial charge in [-0.1, -0.05) is 18.2 Å². The summed E-state index contributed by atoms with van der Waals surface area (Å²) in [6, 6.07) is 0.0951. The zero-order valence-electron chi connectivity index (χ0n) is 11.9. The van der Waals surface area contributed by atoms with Crippen molar-refractivity contribution in [1.29, 1.82) is 0 Å². The van der Waals surface area contributed by atoms with E-state index in [9.17, 15) is 4.79 Å². The van der Waals surface area contributed by atoms with Crippen molar-refractivity contribution in [3.8, 4) is 0 Å². The van der Waals surface area contributed by atoms with E-state index in [2.05, 4.69) is 16.5 Å². The Kier molecular flexibility index (Phi) is 3.07. The molecule has 0 spiro atoms. The van der Waals surface area contributed by atoms with E-state index in [0.29, 0.717) is 11.7 Å². The minimum absolute atomic E-state index is 0.0951. The van der Waals surface area contributed by atoms with Gasteiger partial charge in [0, 0.05) is 24.9 Å². The van der Waals surface area contributed by atoms with Crippen LogP contribution in [0.2, 0.25) is 5.15 Å². The molecule has 0 saturated carbocycles. The number of carbonyl (C=O) groups excluding carboxylic acids is 1. The number of aromatic nitrogens is 3. The molecule has 2 saturated heterocycles. The molecule has 114 valence electrons. The van der Waals surface area contributed by atoms with Gasteiger partial charge < -0.3 is 9.64 Å². The zero-order valence-corrected chi connectivity index (χ0v) is 12.6. The lowest BCUT2D eigenvalue weighted by molar-refractivity contribution is 0.144. The van der Waals surface area contributed by atoms with Crippen LogP contribution >= 0.6 is 11.6 Å². The summed E-state index contributed by atoms with van der Waals surface area (Å²) in [5.74, 6) is 1.07. The van der Waals surface area contributed by atoms with Crippen molar-refractivity contribution in [3.63, 3.8) is 0 Å². The second kappa shape index (κ2) is 4.98. The van der Waals surface area contributed by atoms with Crippen molar-refractivity contribution in [2.24, 2.45) is 0 Å². The average molecular weight is 319 g/mol. The highest BCUT2D eigenvalue weighted by atomic mass is 35.5. The average Bonchev–Trinajstić information content (AvgIpc) is 3.10. The summed E-state index contributed by atoms with van der Waals surface area (Å²) in [6.45, 7) is 4.35. The maximum atomic E-state index is 12.0. The van der Waals surface area contributed by atoms with E-state index in [1.165, 1.54) is 0 Å². The van der Waals surface area contributed by atoms with Crippen LogP contribution in [0.4, 0.5) is 4.79 Å². The summed E-state index contributed by atoms with van der Waals surface area (Å²) in [7, 11) is 0. The number of ether oxygens (including phenoxy) is 1. The quantitative estimate of drug-likeness (QED) is 0.799. The number of hydrogen-bond acceptors (Lipinski definition) is 4. The molecule has 22 heavy (non-hydrogen) atoms. The predicted octanol–water partition coefficient (Wildman–Crippen LogP) is 2.64. The number of piperidine rings is 1. The van der Waals surface area contributed by atoms with Crippen LogP contribution in [0.5, 0.6) is 0 Å². The SMILES string of the molecule is C=CC1OC(=O)N2C[C@H](c3ncc4c(Cl)nccn34)CC[C@@H]12. The molecule has 0 bridgehead atoms. The Morgan fingerprint density at radius 1 is 1.41 bits per heavy atom. The van der Waals surface area contributed by atoms with Gasteiger partial charge in [0.2, 0.25) is 0 Å². The maximum Gasteiger partial charge on any atom is 0.410 e. The van der Waals surface area contributed by atoms with Gasteiger partial charge in [-0.15, -0.1) is 0 Å². The fourth-order valence-corrected chi connectivity index (χ4v) is 3.64. The van der Waals surface area contributed by atoms with Crippen molar-refractivity contribution in [2.75, 3.05) is 6.54 Å². The first-order valence-corrected chi connectivity index (χ1v) is 7.64. The molecule has 2 aliphatic heterocycles. The van der Waals surface area contributed by atoms with Gasteiger partial charge in [0.15, 0.2) is 5.15 Å². The minimum atomic E-state index is -0.264. The van der Waals surface area contributed by atoms with E-state index in [4.69, 9.17) is 16.3 Å². The second-order valence-electron chi connectivity index (χ2n) is 5.67. The van der Waals surface area contributed by atoms with Crippen LogP contribution in [0.25, 0.3) is 5.52 Å². The van der Waals surface area contributed by atoms with Gasteiger partial charge in [0.05, 0.1) is 12.2 Å². The van der Waals surface area contributed by atoms with Crippen LogP contribution in [0, 0.1) is 0 Å². The minimum Gasteiger partial charge on any atom is -0.440 e. The molecule has 4 rings (SSSR count). The molecule has 7 heteroatoms. The molecule has 0 aliphatic carbocycles. The fourth-order valence-electron chi connectivity index (χ4n) is 3.44. The van der Waals surface area contributed by atoms with Crippen LogP contribution in [-0.4, -0.2) is 44.1 Å². The lowest BCUT2D eigenvalue weighted by atomic mass is 9.90. The highest BCUT2D eigenvalue weighted by Crippen LogP contribution is 2.36. The molecule has 1 unspecified atom stereocenters. The maximum absolute atomic E-state index is 12.0. The van der Waals surface area contributed by atoms with Gasteiger partial charge in [-0.2, -0.15) is 0 Å². The number of halogens is 1. The van der Waals surface area contributed by atoms with Gasteiger partial charge in [0.25, 0.3) is 0 Å². The van der Waals surface area contributed by atoms with Crippen LogP contribution in [-0.2, 0) is 4.74 Å². The second-order valence-corrected chi connectivity index (χ2v) is 6.03. The molecule has 3 atom stereocenters. The van der Waals surface area contributed by atoms with Crippen LogP contribution in [0.3, 0.4) is 0 Å². The summed E-state index contributed by atoms with van der Waals surface area (Å²) in [4.78, 5) is 22.4. The lowest BCUT2D eigenvalue weighted by Crippen LogP contribution is -2.43. The van der Waals surface area contributed by atoms with E-state index in [-0.39, 0.29) is 24.2 Å². The largest absolute Gasteiger partial charge is 0.440 e. The topological polar surface area (TPSA) is 59.7 Å². The Labute approximate surface area is 132 Å². The lowest BCUT2D eigenvalue weighted by Gasteiger charge is -2.33. The third-order valence-corrected chi connectivity index (χ3v) is 4.81. The number of nitrogens with zero attached hydrogens (tertiary/aromatic N) is 4. The molecule has 2 aromatic rings. The van der Waals surface area contributed by atoms with Crippen molar-refractivity contribution in [2.45, 2.75) is 30.9 Å². The summed E-state index contributed by atoms with van der Waals surface area (Å²) in [6.07, 6.45) is 8.30. The molecule has 6 nitrogen and oxygen atoms in total. The smallest absolute Gasteiger partial charge is 0.410 e. The van der Waals surface area contributed by atoms with Crippen LogP contribution in [0.15, 0.2) is 31.2 Å². The fraction of sp³-hybridized carbons (Fsp3) is 0.400. The van der Waals surface area contributed by atoms with Crippen LogP contribution in [0.1, 0.15) is 24.6 Å². The summed E-state index contributed by atoms with van der Waals surface area (Å²) in [5.41, 5.74) is 0.786. The van der Waals surface area contributed by atoms with E-state index in [1.807, 2.05) is 10.6 Å². The van der Waals surface area contributed by atoms with Gasteiger partial charge in [0.1, 0.15) is 17.4 Å². The van der Waals surface area contributed by atoms with Crippen LogP contribution < -0.4 is 0 Å². The van der Waals surface area contributed by atoms with Crippen molar-refractivity contribution >= 4 is 23.2 Å². The number of fused-ring (bicyclic) bond motifs is 2. The van der Waals surface area contributed by atoms with E-state index < -0.39 is 0 Å². The number of hydrogen-bond donors (Lipinski definition) is 0. The standard InChI is InChI=1S/C15H15ClN4O2/c1-2-12-10-4-3-9(8-20(10)15(21)22-12)14-18-7-11-13(16)17-5-6-19(11)14/h2,5-7,9-10,12H,1,3-4,8H2/t9-,10+,12?/m1/s1. The van der Waals surface area contributed by atoms with Crippen molar-refractivity contribution in [1.82, 2.24) is 19.3 Å². The van der Waals surface area contributed by atoms with E-state index >= 15 is 0 Å². The Bertz CT molecular complexity index is 759. The number of rotatable bonds is 2. The first-order chi connectivity index (χ1) is 10.7. The molecule has 2 aromatic heterocycles. The highest BCUT2D eigenvalue weighted by Gasteiger charge is 2.44. The monoisotopic (exact) mass is 318 g/mol. The van der Waals surface area contributed by atoms with Gasteiger partial charge in [-0.3, -0.25) is 4.40 Å². The van der Waals surface area contributed by atoms with E-state index in [1.54, 1.807) is 23.4 Å². The number of cyclic esters (lactones) is 1. The van der Waals surface area contributed by atoms with Gasteiger partial charge in [-0.05, 0) is 18.9 Å². The number of imidazole rings is 1. The molecule has 2 aliphatic rings. The van der Waals surface area contributed by atoms with Gasteiger partial charge in [-0.25, -0.2) is 14.8 Å². The Balaban J connectivity index is 1.66. The summed E-state index contributed by atoms with van der Waals surface area (Å²) < 4.78 is 7.29. The molecule has 2 fully saturated rings. The van der Waals surface area contributed by atoms with Crippen molar-refractivity contribution < 1.29 is 9.53 Å². The van der Waals surface area contributed by atoms with E-state index in [0.717, 1.165) is 24.2 Å². The number of amides is 1. The number of carbonyl (C=O) groups is 1. The highest BCUT2D eigenvalue weighted by molar-refractivity contribution is 6.32. The molecule has 0 radical (unpaired) electrons. The molecule has 4 heterocycles. The van der Waals surface area contributed by atoms with Crippen molar-refractivity contribution in [3.05, 3.63) is 42.2 Å². The normalized spacial score (nSPS) is 27.8. The molecular formula is C15H15ClN4O2. The third-order valence-electron chi connectivity index (χ3n) is 4.52. The molecule has 1 amide bonds. The first kappa shape index (κ1) is 13.6. The third kappa shape index (κ3) is 1.90. The molecule has 0 aromatic carbocycles. The molecular weight excluding hydrogens is 304 g/mol. The molecule has 0 N–H and O–H groups in total. The Morgan fingerprint density at radius 3 is 3.09 bits per heavy atom. The summed E-state index contributed by atoms with van der Waals surface area (Å²) >= 11 is 6.09. The van der Waals surface area contributed by atoms with Gasteiger partial charge >= 0.3 is 6.09 Å². The Hall–Kier alpha value is -2.08. The predicted molar refractivity (Wildman–Crippen MR) is 80.9 cm³/mol. The first-order valence-electron chi connectivity index (χ1n) is 7.26.